The van der Waals surface area contributed by atoms with Gasteiger partial charge in [-0.15, -0.1) is 0 Å². The highest BCUT2D eigenvalue weighted by Crippen LogP contribution is 2.21. The maximum absolute atomic E-state index is 12.5. The molecule has 1 atom stereocenters. The third kappa shape index (κ3) is 5.23. The Morgan fingerprint density at radius 3 is 2.41 bits per heavy atom. The summed E-state index contributed by atoms with van der Waals surface area (Å²) >= 11 is 0. The van der Waals surface area contributed by atoms with E-state index in [0.29, 0.717) is 22.5 Å². The van der Waals surface area contributed by atoms with Gasteiger partial charge in [-0.2, -0.15) is 5.26 Å². The van der Waals surface area contributed by atoms with Gasteiger partial charge in [0.15, 0.2) is 6.10 Å². The fraction of sp³-hybridized carbons (Fsp3) is 0.333. The number of carbonyl (C=O) groups is 3. The molecular formula is C21H23N3O5. The van der Waals surface area contributed by atoms with E-state index in [1.54, 1.807) is 45.9 Å². The van der Waals surface area contributed by atoms with E-state index in [-0.39, 0.29) is 17.4 Å². The van der Waals surface area contributed by atoms with Crippen molar-refractivity contribution in [3.63, 3.8) is 0 Å². The first kappa shape index (κ1) is 21.7. The molecule has 1 aromatic heterocycles. The number of esters is 2. The minimum absolute atomic E-state index is 0.0873. The van der Waals surface area contributed by atoms with Crippen LogP contribution in [0, 0.1) is 25.2 Å². The lowest BCUT2D eigenvalue weighted by atomic mass is 10.1. The van der Waals surface area contributed by atoms with Crippen LogP contribution in [-0.4, -0.2) is 35.0 Å². The first-order valence-electron chi connectivity index (χ1n) is 9.06. The summed E-state index contributed by atoms with van der Waals surface area (Å²) in [7, 11) is 0. The Balaban J connectivity index is 2.10. The Hall–Kier alpha value is -3.60. The predicted molar refractivity (Wildman–Crippen MR) is 105 cm³/mol. The van der Waals surface area contributed by atoms with Crippen molar-refractivity contribution in [3.05, 3.63) is 52.3 Å². The molecule has 1 heterocycles. The largest absolute Gasteiger partial charge is 0.459 e. The van der Waals surface area contributed by atoms with Crippen LogP contribution < -0.4 is 5.32 Å². The molecule has 0 radical (unpaired) electrons. The van der Waals surface area contributed by atoms with E-state index < -0.39 is 23.9 Å². The average molecular weight is 397 g/mol. The average Bonchev–Trinajstić information content (AvgIpc) is 2.95. The lowest BCUT2D eigenvalue weighted by molar-refractivity contribution is -0.123. The molecule has 29 heavy (non-hydrogen) atoms. The fourth-order valence-electron chi connectivity index (χ4n) is 2.72. The van der Waals surface area contributed by atoms with Crippen LogP contribution in [0.3, 0.4) is 0 Å². The van der Waals surface area contributed by atoms with Gasteiger partial charge in [0.05, 0.1) is 23.3 Å². The number of ether oxygens (including phenoxy) is 2. The van der Waals surface area contributed by atoms with Gasteiger partial charge in [0.2, 0.25) is 0 Å². The number of nitrogens with one attached hydrogen (secondary N) is 2. The number of hydrogen-bond acceptors (Lipinski definition) is 6. The number of benzene rings is 1. The van der Waals surface area contributed by atoms with Gasteiger partial charge in [0.25, 0.3) is 5.91 Å². The van der Waals surface area contributed by atoms with E-state index in [1.807, 2.05) is 6.07 Å². The zero-order chi connectivity index (χ0) is 21.7. The minimum atomic E-state index is -1.10. The van der Waals surface area contributed by atoms with Gasteiger partial charge >= 0.3 is 11.9 Å². The Morgan fingerprint density at radius 2 is 1.79 bits per heavy atom. The third-order valence-corrected chi connectivity index (χ3v) is 4.10. The van der Waals surface area contributed by atoms with Gasteiger partial charge in [0.1, 0.15) is 5.69 Å². The summed E-state index contributed by atoms with van der Waals surface area (Å²) in [4.78, 5) is 39.9. The standard InChI is InChI=1S/C21H23N3O5/c1-11(2)28-20(26)17-12(3)18(23-13(17)4)21(27)29-14(5)19(25)24-16-8-6-7-15(9-16)10-22/h6-9,11,14,23H,1-5H3,(H,24,25)/t14-/m0/s1. The maximum atomic E-state index is 12.5. The molecule has 0 fully saturated rings. The lowest BCUT2D eigenvalue weighted by Crippen LogP contribution is -2.30. The van der Waals surface area contributed by atoms with Crippen LogP contribution in [0.2, 0.25) is 0 Å². The van der Waals surface area contributed by atoms with Crippen molar-refractivity contribution >= 4 is 23.5 Å². The molecule has 0 aliphatic carbocycles. The van der Waals surface area contributed by atoms with E-state index in [2.05, 4.69) is 10.3 Å². The fourth-order valence-corrected chi connectivity index (χ4v) is 2.72. The molecule has 8 nitrogen and oxygen atoms in total. The van der Waals surface area contributed by atoms with Crippen LogP contribution in [-0.2, 0) is 14.3 Å². The molecule has 2 rings (SSSR count). The molecule has 1 amide bonds. The molecule has 0 bridgehead atoms. The monoisotopic (exact) mass is 397 g/mol. The van der Waals surface area contributed by atoms with E-state index in [9.17, 15) is 14.4 Å². The van der Waals surface area contributed by atoms with E-state index in [0.717, 1.165) is 0 Å². The SMILES string of the molecule is Cc1[nH]c(C(=O)O[C@@H](C)C(=O)Nc2cccc(C#N)c2)c(C)c1C(=O)OC(C)C. The number of nitrogens with zero attached hydrogens (tertiary/aromatic N) is 1. The number of H-pyrrole nitrogens is 1. The smallest absolute Gasteiger partial charge is 0.355 e. The number of aromatic nitrogens is 1. The molecule has 0 aliphatic heterocycles. The van der Waals surface area contributed by atoms with Crippen molar-refractivity contribution in [1.29, 1.82) is 5.26 Å². The van der Waals surface area contributed by atoms with Gasteiger partial charge in [-0.1, -0.05) is 6.07 Å². The zero-order valence-corrected chi connectivity index (χ0v) is 17.0. The number of rotatable bonds is 6. The number of carbonyl (C=O) groups excluding carboxylic acids is 3. The third-order valence-electron chi connectivity index (χ3n) is 4.10. The molecule has 0 spiro atoms. The van der Waals surface area contributed by atoms with Crippen LogP contribution in [0.25, 0.3) is 0 Å². The number of amides is 1. The summed E-state index contributed by atoms with van der Waals surface area (Å²) in [6.07, 6.45) is -1.39. The van der Waals surface area contributed by atoms with Crippen LogP contribution in [0.1, 0.15) is 58.4 Å². The number of aryl methyl sites for hydroxylation is 1. The molecular weight excluding hydrogens is 374 g/mol. The molecule has 152 valence electrons. The Bertz CT molecular complexity index is 985. The quantitative estimate of drug-likeness (QED) is 0.722. The first-order chi connectivity index (χ1) is 13.6. The second-order valence-electron chi connectivity index (χ2n) is 6.81. The van der Waals surface area contributed by atoms with E-state index in [4.69, 9.17) is 14.7 Å². The number of anilines is 1. The summed E-state index contributed by atoms with van der Waals surface area (Å²) in [5.74, 6) is -1.84. The molecule has 0 unspecified atom stereocenters. The van der Waals surface area contributed by atoms with Gasteiger partial charge in [0, 0.05) is 11.4 Å². The molecule has 1 aromatic carbocycles. The van der Waals surface area contributed by atoms with Crippen LogP contribution >= 0.6 is 0 Å². The lowest BCUT2D eigenvalue weighted by Gasteiger charge is -2.13. The number of nitriles is 1. The molecule has 0 aliphatic rings. The highest BCUT2D eigenvalue weighted by atomic mass is 16.6. The second-order valence-corrected chi connectivity index (χ2v) is 6.81. The Labute approximate surface area is 168 Å². The van der Waals surface area contributed by atoms with Crippen molar-refractivity contribution in [2.24, 2.45) is 0 Å². The van der Waals surface area contributed by atoms with Crippen molar-refractivity contribution in [1.82, 2.24) is 4.98 Å². The van der Waals surface area contributed by atoms with Gasteiger partial charge in [-0.25, -0.2) is 9.59 Å². The van der Waals surface area contributed by atoms with E-state index >= 15 is 0 Å². The Kier molecular flexibility index (Phi) is 6.78. The van der Waals surface area contributed by atoms with Crippen molar-refractivity contribution in [2.45, 2.75) is 46.8 Å². The highest BCUT2D eigenvalue weighted by molar-refractivity contribution is 6.00. The topological polar surface area (TPSA) is 121 Å². The van der Waals surface area contributed by atoms with Crippen LogP contribution in [0.5, 0.6) is 0 Å². The van der Waals surface area contributed by atoms with Crippen molar-refractivity contribution in [3.8, 4) is 6.07 Å². The summed E-state index contributed by atoms with van der Waals surface area (Å²) in [5, 5.41) is 11.5. The summed E-state index contributed by atoms with van der Waals surface area (Å²) in [6.45, 7) is 8.16. The van der Waals surface area contributed by atoms with E-state index in [1.165, 1.54) is 13.0 Å². The van der Waals surface area contributed by atoms with Gasteiger partial charge in [-0.05, 0) is 58.4 Å². The van der Waals surface area contributed by atoms with Gasteiger partial charge in [-0.3, -0.25) is 4.79 Å². The number of hydrogen-bond donors (Lipinski definition) is 2. The minimum Gasteiger partial charge on any atom is -0.459 e. The highest BCUT2D eigenvalue weighted by Gasteiger charge is 2.27. The number of aromatic amines is 1. The first-order valence-corrected chi connectivity index (χ1v) is 9.06. The summed E-state index contributed by atoms with van der Waals surface area (Å²) in [6, 6.07) is 8.36. The molecule has 0 saturated heterocycles. The summed E-state index contributed by atoms with van der Waals surface area (Å²) in [5.41, 5.74) is 2.05. The predicted octanol–water partition coefficient (Wildman–Crippen LogP) is 3.25. The van der Waals surface area contributed by atoms with Crippen LogP contribution in [0.15, 0.2) is 24.3 Å². The normalized spacial score (nSPS) is 11.5. The second kappa shape index (κ2) is 9.06. The van der Waals surface area contributed by atoms with Crippen molar-refractivity contribution in [2.75, 3.05) is 5.32 Å². The van der Waals surface area contributed by atoms with Crippen molar-refractivity contribution < 1.29 is 23.9 Å². The molecule has 2 aromatic rings. The Morgan fingerprint density at radius 1 is 1.10 bits per heavy atom. The molecule has 0 saturated carbocycles. The molecule has 8 heteroatoms. The maximum Gasteiger partial charge on any atom is 0.355 e. The van der Waals surface area contributed by atoms with Gasteiger partial charge < -0.3 is 19.8 Å². The zero-order valence-electron chi connectivity index (χ0n) is 17.0. The molecule has 2 N–H and O–H groups in total. The summed E-state index contributed by atoms with van der Waals surface area (Å²) < 4.78 is 10.4. The van der Waals surface area contributed by atoms with Crippen LogP contribution in [0.4, 0.5) is 5.69 Å².